The molecule has 0 bridgehead atoms. The molecule has 2 rings (SSSR count). The number of hydrogen-bond donors (Lipinski definition) is 2. The van der Waals surface area contributed by atoms with Crippen LogP contribution >= 0.6 is 11.6 Å². The molecule has 21 heavy (non-hydrogen) atoms. The van der Waals surface area contributed by atoms with Crippen LogP contribution in [0, 0.1) is 5.92 Å². The first kappa shape index (κ1) is 16.3. The second-order valence-corrected chi connectivity index (χ2v) is 5.98. The van der Waals surface area contributed by atoms with Gasteiger partial charge in [0.2, 0.25) is 5.91 Å². The first-order chi connectivity index (χ1) is 10.1. The molecule has 0 radical (unpaired) electrons. The molecule has 1 aliphatic heterocycles. The summed E-state index contributed by atoms with van der Waals surface area (Å²) < 4.78 is 5.42. The van der Waals surface area contributed by atoms with Crippen LogP contribution in [0.25, 0.3) is 0 Å². The van der Waals surface area contributed by atoms with E-state index < -0.39 is 0 Å². The molecule has 5 heteroatoms. The fourth-order valence-electron chi connectivity index (χ4n) is 2.65. The van der Waals surface area contributed by atoms with Crippen molar-refractivity contribution in [1.82, 2.24) is 10.6 Å². The molecule has 0 spiro atoms. The van der Waals surface area contributed by atoms with E-state index in [0.29, 0.717) is 13.2 Å². The highest BCUT2D eigenvalue weighted by Crippen LogP contribution is 2.15. The van der Waals surface area contributed by atoms with Crippen molar-refractivity contribution in [2.45, 2.75) is 32.4 Å². The van der Waals surface area contributed by atoms with E-state index in [2.05, 4.69) is 10.6 Å². The Morgan fingerprint density at radius 3 is 2.76 bits per heavy atom. The third kappa shape index (κ3) is 4.70. The Morgan fingerprint density at radius 2 is 2.10 bits per heavy atom. The molecular weight excluding hydrogens is 288 g/mol. The average Bonchev–Trinajstić information content (AvgIpc) is 2.90. The molecule has 1 aromatic rings. The van der Waals surface area contributed by atoms with Crippen molar-refractivity contribution >= 4 is 17.5 Å². The molecule has 116 valence electrons. The lowest BCUT2D eigenvalue weighted by Gasteiger charge is -2.21. The Labute approximate surface area is 131 Å². The predicted octanol–water partition coefficient (Wildman–Crippen LogP) is 2.01. The molecule has 1 aliphatic rings. The summed E-state index contributed by atoms with van der Waals surface area (Å²) in [6.45, 7) is 6.01. The van der Waals surface area contributed by atoms with Gasteiger partial charge in [-0.3, -0.25) is 4.79 Å². The summed E-state index contributed by atoms with van der Waals surface area (Å²) >= 11 is 5.87. The second kappa shape index (κ2) is 7.78. The highest BCUT2D eigenvalue weighted by Gasteiger charge is 2.33. The van der Waals surface area contributed by atoms with Crippen LogP contribution in [0.5, 0.6) is 0 Å². The molecule has 1 aromatic carbocycles. The Hall–Kier alpha value is -1.10. The Morgan fingerprint density at radius 1 is 1.38 bits per heavy atom. The zero-order valence-corrected chi connectivity index (χ0v) is 13.3. The number of halogens is 1. The van der Waals surface area contributed by atoms with Gasteiger partial charge in [0, 0.05) is 17.1 Å². The Balaban J connectivity index is 1.85. The minimum absolute atomic E-state index is 0.0694. The monoisotopic (exact) mass is 310 g/mol. The lowest BCUT2D eigenvalue weighted by atomic mass is 10.0. The van der Waals surface area contributed by atoms with Crippen LogP contribution in [0.3, 0.4) is 0 Å². The van der Waals surface area contributed by atoms with Crippen LogP contribution in [0.15, 0.2) is 24.3 Å². The molecular formula is C16H23ClN2O2. The number of nitrogens with one attached hydrogen (secondary N) is 2. The largest absolute Gasteiger partial charge is 0.379 e. The van der Waals surface area contributed by atoms with Gasteiger partial charge in [0.05, 0.1) is 19.1 Å². The highest BCUT2D eigenvalue weighted by atomic mass is 35.5. The van der Waals surface area contributed by atoms with Crippen LogP contribution in [0.1, 0.15) is 19.4 Å². The van der Waals surface area contributed by atoms with Crippen molar-refractivity contribution < 1.29 is 9.53 Å². The molecule has 1 saturated heterocycles. The normalized spacial score (nSPS) is 23.0. The lowest BCUT2D eigenvalue weighted by molar-refractivity contribution is -0.126. The van der Waals surface area contributed by atoms with E-state index in [1.54, 1.807) is 0 Å². The predicted molar refractivity (Wildman–Crippen MR) is 84.5 cm³/mol. The van der Waals surface area contributed by atoms with Crippen molar-refractivity contribution in [2.75, 3.05) is 19.8 Å². The fourth-order valence-corrected chi connectivity index (χ4v) is 2.78. The topological polar surface area (TPSA) is 50.4 Å². The summed E-state index contributed by atoms with van der Waals surface area (Å²) in [5.41, 5.74) is 1.16. The third-order valence-electron chi connectivity index (χ3n) is 3.73. The van der Waals surface area contributed by atoms with Gasteiger partial charge in [0.25, 0.3) is 0 Å². The van der Waals surface area contributed by atoms with Crippen LogP contribution in [-0.2, 0) is 16.0 Å². The number of likely N-dealkylation sites (N-methyl/N-ethyl adjacent to an activating group) is 1. The second-order valence-electron chi connectivity index (χ2n) is 5.55. The summed E-state index contributed by atoms with van der Waals surface area (Å²) in [6.07, 6.45) is 0.794. The van der Waals surface area contributed by atoms with Gasteiger partial charge in [-0.1, -0.05) is 30.7 Å². The number of carbonyl (C=O) groups excluding carboxylic acids is 1. The molecule has 1 amide bonds. The lowest BCUT2D eigenvalue weighted by Crippen LogP contribution is -2.46. The third-order valence-corrected chi connectivity index (χ3v) is 3.98. The summed E-state index contributed by atoms with van der Waals surface area (Å²) in [4.78, 5) is 12.3. The number of ether oxygens (including phenoxy) is 1. The van der Waals surface area contributed by atoms with E-state index in [0.717, 1.165) is 23.6 Å². The summed E-state index contributed by atoms with van der Waals surface area (Å²) in [5, 5.41) is 7.11. The molecule has 0 saturated carbocycles. The maximum atomic E-state index is 12.3. The smallest absolute Gasteiger partial charge is 0.227 e. The summed E-state index contributed by atoms with van der Waals surface area (Å²) in [6, 6.07) is 7.93. The molecule has 2 N–H and O–H groups in total. The maximum Gasteiger partial charge on any atom is 0.227 e. The van der Waals surface area contributed by atoms with Gasteiger partial charge in [0.1, 0.15) is 0 Å². The van der Waals surface area contributed by atoms with Crippen molar-refractivity contribution in [1.29, 1.82) is 0 Å². The molecule has 4 nitrogen and oxygen atoms in total. The van der Waals surface area contributed by atoms with Crippen LogP contribution in [0.4, 0.5) is 0 Å². The highest BCUT2D eigenvalue weighted by molar-refractivity contribution is 6.30. The van der Waals surface area contributed by atoms with Gasteiger partial charge < -0.3 is 15.4 Å². The molecule has 1 fully saturated rings. The van der Waals surface area contributed by atoms with Gasteiger partial charge in [-0.2, -0.15) is 0 Å². The molecule has 3 unspecified atom stereocenters. The first-order valence-electron chi connectivity index (χ1n) is 7.46. The first-order valence-corrected chi connectivity index (χ1v) is 7.84. The zero-order valence-electron chi connectivity index (χ0n) is 12.6. The van der Waals surface area contributed by atoms with Crippen molar-refractivity contribution in [3.05, 3.63) is 34.9 Å². The number of amides is 1. The van der Waals surface area contributed by atoms with E-state index >= 15 is 0 Å². The molecule has 0 aliphatic carbocycles. The Bertz CT molecular complexity index is 464. The van der Waals surface area contributed by atoms with E-state index in [1.807, 2.05) is 38.1 Å². The SMILES string of the molecule is CCNC1COCC1C(=O)NC(C)Cc1ccc(Cl)cc1. The van der Waals surface area contributed by atoms with Crippen molar-refractivity contribution in [3.63, 3.8) is 0 Å². The maximum absolute atomic E-state index is 12.3. The number of carbonyl (C=O) groups is 1. The summed E-state index contributed by atoms with van der Waals surface area (Å²) in [7, 11) is 0. The van der Waals surface area contributed by atoms with Crippen molar-refractivity contribution in [3.8, 4) is 0 Å². The van der Waals surface area contributed by atoms with Gasteiger partial charge in [0.15, 0.2) is 0 Å². The van der Waals surface area contributed by atoms with E-state index in [1.165, 1.54) is 0 Å². The van der Waals surface area contributed by atoms with E-state index in [-0.39, 0.29) is 23.9 Å². The number of rotatable bonds is 6. The quantitative estimate of drug-likeness (QED) is 0.845. The van der Waals surface area contributed by atoms with E-state index in [9.17, 15) is 4.79 Å². The van der Waals surface area contributed by atoms with Crippen LogP contribution < -0.4 is 10.6 Å². The Kier molecular flexibility index (Phi) is 6.03. The van der Waals surface area contributed by atoms with Crippen molar-refractivity contribution in [2.24, 2.45) is 5.92 Å². The fraction of sp³-hybridized carbons (Fsp3) is 0.562. The summed E-state index contributed by atoms with van der Waals surface area (Å²) in [5.74, 6) is -0.0301. The van der Waals surface area contributed by atoms with Gasteiger partial charge >= 0.3 is 0 Å². The van der Waals surface area contributed by atoms with Gasteiger partial charge in [-0.15, -0.1) is 0 Å². The average molecular weight is 311 g/mol. The number of hydrogen-bond acceptors (Lipinski definition) is 3. The zero-order chi connectivity index (χ0) is 15.2. The van der Waals surface area contributed by atoms with E-state index in [4.69, 9.17) is 16.3 Å². The molecule has 3 atom stereocenters. The minimum atomic E-state index is -0.0994. The van der Waals surface area contributed by atoms with Crippen LogP contribution in [-0.4, -0.2) is 37.7 Å². The molecule has 0 aromatic heterocycles. The number of benzene rings is 1. The minimum Gasteiger partial charge on any atom is -0.379 e. The molecule has 1 heterocycles. The van der Waals surface area contributed by atoms with Gasteiger partial charge in [-0.25, -0.2) is 0 Å². The van der Waals surface area contributed by atoms with Gasteiger partial charge in [-0.05, 0) is 37.6 Å². The standard InChI is InChI=1S/C16H23ClN2O2/c1-3-18-15-10-21-9-14(15)16(20)19-11(2)8-12-4-6-13(17)7-5-12/h4-7,11,14-15,18H,3,8-10H2,1-2H3,(H,19,20). The van der Waals surface area contributed by atoms with Crippen LogP contribution in [0.2, 0.25) is 5.02 Å².